The van der Waals surface area contributed by atoms with Crippen LogP contribution in [0.4, 0.5) is 10.7 Å². The predicted octanol–water partition coefficient (Wildman–Crippen LogP) is 1.52. The number of thiophene rings is 1. The van der Waals surface area contributed by atoms with E-state index in [-0.39, 0.29) is 5.69 Å². The third-order valence-corrected chi connectivity index (χ3v) is 5.14. The molecule has 0 aliphatic carbocycles. The average molecular weight is 308 g/mol. The van der Waals surface area contributed by atoms with Gasteiger partial charge >= 0.3 is 5.97 Å². The number of hydrogen-bond donors (Lipinski definition) is 1. The van der Waals surface area contributed by atoms with Crippen LogP contribution >= 0.6 is 11.3 Å². The van der Waals surface area contributed by atoms with Crippen LogP contribution in [0.2, 0.25) is 0 Å². The molecule has 1 aliphatic rings. The van der Waals surface area contributed by atoms with Gasteiger partial charge in [-0.2, -0.15) is 5.26 Å². The van der Waals surface area contributed by atoms with Gasteiger partial charge in [0.1, 0.15) is 21.5 Å². The largest absolute Gasteiger partial charge is 0.465 e. The minimum absolute atomic E-state index is 0.235. The molecule has 0 amide bonds. The number of methoxy groups -OCH3 is 1. The van der Waals surface area contributed by atoms with Crippen LogP contribution in [-0.4, -0.2) is 51.2 Å². The summed E-state index contributed by atoms with van der Waals surface area (Å²) in [5, 5.41) is 10.1. The molecule has 1 saturated heterocycles. The Labute approximate surface area is 128 Å². The number of nitrogen functional groups attached to an aromatic ring is 1. The summed E-state index contributed by atoms with van der Waals surface area (Å²) in [4.78, 5) is 16.4. The smallest absolute Gasteiger partial charge is 0.350 e. The first-order chi connectivity index (χ1) is 9.99. The highest BCUT2D eigenvalue weighted by molar-refractivity contribution is 7.18. The molecule has 7 heteroatoms. The van der Waals surface area contributed by atoms with Crippen molar-refractivity contribution < 1.29 is 9.53 Å². The molecule has 0 radical (unpaired) electrons. The van der Waals surface area contributed by atoms with Crippen molar-refractivity contribution in [3.63, 3.8) is 0 Å². The number of ether oxygens (including phenoxy) is 1. The minimum Gasteiger partial charge on any atom is -0.465 e. The highest BCUT2D eigenvalue weighted by Crippen LogP contribution is 2.39. The van der Waals surface area contributed by atoms with Crippen molar-refractivity contribution in [2.75, 3.05) is 44.9 Å². The highest BCUT2D eigenvalue weighted by atomic mass is 32.1. The molecule has 1 aliphatic heterocycles. The van der Waals surface area contributed by atoms with Gasteiger partial charge in [-0.3, -0.25) is 0 Å². The molecule has 1 fully saturated rings. The van der Waals surface area contributed by atoms with Gasteiger partial charge in [0.15, 0.2) is 0 Å². The zero-order chi connectivity index (χ0) is 15.6. The molecule has 21 heavy (non-hydrogen) atoms. The Bertz CT molecular complexity index is 568. The number of anilines is 2. The van der Waals surface area contributed by atoms with E-state index in [0.29, 0.717) is 16.5 Å². The standard InChI is InChI=1S/C14H20N4O2S/c1-17(2)9-4-6-18(7-5-9)13-10(8-15)11(16)12(21-13)14(19)20-3/h9H,4-7,16H2,1-3H3. The van der Waals surface area contributed by atoms with Gasteiger partial charge < -0.3 is 20.3 Å². The topological polar surface area (TPSA) is 82.6 Å². The number of piperidine rings is 1. The number of nitrogens with two attached hydrogens (primary N) is 1. The number of rotatable bonds is 3. The molecule has 0 unspecified atom stereocenters. The maximum absolute atomic E-state index is 11.7. The Morgan fingerprint density at radius 2 is 2.10 bits per heavy atom. The molecule has 6 nitrogen and oxygen atoms in total. The average Bonchev–Trinajstić information content (AvgIpc) is 2.83. The van der Waals surface area contributed by atoms with Gasteiger partial charge in [-0.25, -0.2) is 4.79 Å². The Balaban J connectivity index is 2.25. The van der Waals surface area contributed by atoms with Gasteiger partial charge in [0, 0.05) is 19.1 Å². The number of esters is 1. The van der Waals surface area contributed by atoms with Crippen LogP contribution < -0.4 is 10.6 Å². The Kier molecular flexibility index (Phi) is 4.70. The van der Waals surface area contributed by atoms with E-state index in [4.69, 9.17) is 10.5 Å². The van der Waals surface area contributed by atoms with Crippen LogP contribution in [0.1, 0.15) is 28.1 Å². The first kappa shape index (κ1) is 15.6. The van der Waals surface area contributed by atoms with Crippen LogP contribution in [0.5, 0.6) is 0 Å². The lowest BCUT2D eigenvalue weighted by Gasteiger charge is -2.35. The molecule has 1 aromatic rings. The van der Waals surface area contributed by atoms with Crippen molar-refractivity contribution in [1.29, 1.82) is 5.26 Å². The first-order valence-electron chi connectivity index (χ1n) is 6.81. The molecule has 2 N–H and O–H groups in total. The van der Waals surface area contributed by atoms with Gasteiger partial charge in [0.25, 0.3) is 0 Å². The van der Waals surface area contributed by atoms with Crippen LogP contribution in [-0.2, 0) is 4.74 Å². The van der Waals surface area contributed by atoms with Crippen molar-refractivity contribution in [3.8, 4) is 6.07 Å². The molecule has 114 valence electrons. The second-order valence-electron chi connectivity index (χ2n) is 5.31. The van der Waals surface area contributed by atoms with Gasteiger partial charge in [0.05, 0.1) is 12.8 Å². The maximum Gasteiger partial charge on any atom is 0.350 e. The van der Waals surface area contributed by atoms with E-state index in [2.05, 4.69) is 30.0 Å². The first-order valence-corrected chi connectivity index (χ1v) is 7.63. The van der Waals surface area contributed by atoms with E-state index >= 15 is 0 Å². The zero-order valence-electron chi connectivity index (χ0n) is 12.5. The normalized spacial score (nSPS) is 16.0. The molecule has 2 heterocycles. The van der Waals surface area contributed by atoms with Crippen LogP contribution in [0.25, 0.3) is 0 Å². The van der Waals surface area contributed by atoms with Crippen LogP contribution in [0.3, 0.4) is 0 Å². The van der Waals surface area contributed by atoms with E-state index < -0.39 is 5.97 Å². The van der Waals surface area contributed by atoms with E-state index in [0.717, 1.165) is 30.9 Å². The van der Waals surface area contributed by atoms with Crippen molar-refractivity contribution in [3.05, 3.63) is 10.4 Å². The van der Waals surface area contributed by atoms with Crippen LogP contribution in [0, 0.1) is 11.3 Å². The number of nitrogens with zero attached hydrogens (tertiary/aromatic N) is 3. The zero-order valence-corrected chi connectivity index (χ0v) is 13.4. The van der Waals surface area contributed by atoms with Gasteiger partial charge in [0.2, 0.25) is 0 Å². The van der Waals surface area contributed by atoms with Gasteiger partial charge in [-0.05, 0) is 26.9 Å². The summed E-state index contributed by atoms with van der Waals surface area (Å²) < 4.78 is 4.72. The quantitative estimate of drug-likeness (QED) is 0.853. The van der Waals surface area contributed by atoms with Gasteiger partial charge in [-0.1, -0.05) is 0 Å². The molecular formula is C14H20N4O2S. The van der Waals surface area contributed by atoms with Crippen molar-refractivity contribution in [1.82, 2.24) is 4.90 Å². The lowest BCUT2D eigenvalue weighted by molar-refractivity contribution is 0.0607. The molecule has 0 saturated carbocycles. The number of carbonyl (C=O) groups excluding carboxylic acids is 1. The minimum atomic E-state index is -0.483. The molecule has 2 rings (SSSR count). The lowest BCUT2D eigenvalue weighted by atomic mass is 10.0. The monoisotopic (exact) mass is 308 g/mol. The fourth-order valence-corrected chi connectivity index (χ4v) is 3.73. The number of carbonyl (C=O) groups is 1. The van der Waals surface area contributed by atoms with E-state index in [9.17, 15) is 10.1 Å². The second kappa shape index (κ2) is 6.33. The fraction of sp³-hybridized carbons (Fsp3) is 0.571. The van der Waals surface area contributed by atoms with Crippen molar-refractivity contribution >= 4 is 28.0 Å². The summed E-state index contributed by atoms with van der Waals surface area (Å²) >= 11 is 1.25. The lowest BCUT2D eigenvalue weighted by Crippen LogP contribution is -2.41. The number of hydrogen-bond acceptors (Lipinski definition) is 7. The molecule has 0 bridgehead atoms. The summed E-state index contributed by atoms with van der Waals surface area (Å²) in [6.07, 6.45) is 2.06. The molecule has 0 atom stereocenters. The third-order valence-electron chi connectivity index (χ3n) is 3.89. The predicted molar refractivity (Wildman–Crippen MR) is 83.7 cm³/mol. The molecule has 0 aromatic carbocycles. The summed E-state index contributed by atoms with van der Waals surface area (Å²) in [7, 11) is 5.48. The summed E-state index contributed by atoms with van der Waals surface area (Å²) in [6.45, 7) is 1.72. The van der Waals surface area contributed by atoms with Gasteiger partial charge in [-0.15, -0.1) is 11.3 Å². The third kappa shape index (κ3) is 2.96. The van der Waals surface area contributed by atoms with E-state index in [1.807, 2.05) is 0 Å². The Hall–Kier alpha value is -1.78. The Morgan fingerprint density at radius 3 is 2.57 bits per heavy atom. The molecule has 0 spiro atoms. The SMILES string of the molecule is COC(=O)c1sc(N2CCC(N(C)C)CC2)c(C#N)c1N. The fourth-order valence-electron chi connectivity index (χ4n) is 2.59. The van der Waals surface area contributed by atoms with Crippen molar-refractivity contribution in [2.45, 2.75) is 18.9 Å². The molecule has 1 aromatic heterocycles. The maximum atomic E-state index is 11.7. The molecular weight excluding hydrogens is 288 g/mol. The summed E-state index contributed by atoms with van der Waals surface area (Å²) in [6, 6.07) is 2.68. The Morgan fingerprint density at radius 1 is 1.48 bits per heavy atom. The summed E-state index contributed by atoms with van der Waals surface area (Å²) in [5.74, 6) is -0.483. The van der Waals surface area contributed by atoms with Crippen LogP contribution in [0.15, 0.2) is 0 Å². The van der Waals surface area contributed by atoms with E-state index in [1.54, 1.807) is 0 Å². The highest BCUT2D eigenvalue weighted by Gasteiger charge is 2.28. The summed E-state index contributed by atoms with van der Waals surface area (Å²) in [5.41, 5.74) is 6.55. The van der Waals surface area contributed by atoms with E-state index in [1.165, 1.54) is 18.4 Å². The second-order valence-corrected chi connectivity index (χ2v) is 6.31. The van der Waals surface area contributed by atoms with Crippen molar-refractivity contribution in [2.24, 2.45) is 0 Å². The number of nitriles is 1.